The molecule has 4 rings (SSSR count). The van der Waals surface area contributed by atoms with Crippen LogP contribution in [0, 0.1) is 11.8 Å². The van der Waals surface area contributed by atoms with Gasteiger partial charge in [-0.15, -0.1) is 11.8 Å². The van der Waals surface area contributed by atoms with E-state index >= 15 is 0 Å². The van der Waals surface area contributed by atoms with E-state index in [0.717, 1.165) is 71.8 Å². The molecule has 0 saturated carbocycles. The number of hydrogen-bond acceptors (Lipinski definition) is 6. The molecule has 3 aromatic rings. The second-order valence-electron chi connectivity index (χ2n) is 9.84. The van der Waals surface area contributed by atoms with Crippen LogP contribution in [-0.2, 0) is 4.79 Å². The fourth-order valence-electron chi connectivity index (χ4n) is 5.35. The van der Waals surface area contributed by atoms with Crippen molar-refractivity contribution in [2.75, 3.05) is 32.5 Å². The van der Waals surface area contributed by atoms with Crippen molar-refractivity contribution in [3.05, 3.63) is 64.3 Å². The third-order valence-corrected chi connectivity index (χ3v) is 9.43. The normalized spacial score (nSPS) is 18.9. The van der Waals surface area contributed by atoms with Gasteiger partial charge in [0.2, 0.25) is 0 Å². The summed E-state index contributed by atoms with van der Waals surface area (Å²) < 4.78 is 5.36. The van der Waals surface area contributed by atoms with E-state index in [1.807, 2.05) is 36.4 Å². The zero-order valence-corrected chi connectivity index (χ0v) is 23.8. The Balaban J connectivity index is 1.31. The van der Waals surface area contributed by atoms with E-state index in [-0.39, 0.29) is 18.3 Å². The van der Waals surface area contributed by atoms with Crippen molar-refractivity contribution in [2.45, 2.75) is 43.1 Å². The Morgan fingerprint density at radius 3 is 2.87 bits per heavy atom. The minimum absolute atomic E-state index is 0.0674. The number of likely N-dealkylation sites (tertiary alicyclic amines) is 1. The monoisotopic (exact) mass is 576 g/mol. The highest BCUT2D eigenvalue weighted by molar-refractivity contribution is 7.99. The molecule has 0 radical (unpaired) electrons. The van der Waals surface area contributed by atoms with Crippen molar-refractivity contribution < 1.29 is 19.7 Å². The highest BCUT2D eigenvalue weighted by Crippen LogP contribution is 2.36. The zero-order valence-electron chi connectivity index (χ0n) is 21.5. The largest absolute Gasteiger partial charge is 0.497 e. The first-order chi connectivity index (χ1) is 18.4. The van der Waals surface area contributed by atoms with Crippen LogP contribution in [0.3, 0.4) is 0 Å². The Kier molecular flexibility index (Phi) is 10.6. The number of pyridine rings is 1. The maximum Gasteiger partial charge on any atom is 0.303 e. The molecule has 2 heterocycles. The van der Waals surface area contributed by atoms with Crippen LogP contribution in [0.4, 0.5) is 0 Å². The molecule has 1 aromatic heterocycles. The molecule has 0 amide bonds. The number of carbonyl (C=O) groups is 1. The van der Waals surface area contributed by atoms with Crippen LogP contribution in [0.5, 0.6) is 5.75 Å². The summed E-state index contributed by atoms with van der Waals surface area (Å²) in [4.78, 5) is 19.4. The first-order valence-electron chi connectivity index (χ1n) is 13.0. The molecule has 1 aliphatic heterocycles. The van der Waals surface area contributed by atoms with E-state index in [1.54, 1.807) is 31.1 Å². The van der Waals surface area contributed by atoms with E-state index in [1.165, 1.54) is 0 Å². The topological polar surface area (TPSA) is 82.9 Å². The number of fused-ring (bicyclic) bond motifs is 1. The Labute approximate surface area is 238 Å². The number of benzene rings is 2. The number of aliphatic carboxylic acids is 1. The number of piperidine rings is 1. The van der Waals surface area contributed by atoms with Crippen molar-refractivity contribution in [2.24, 2.45) is 11.8 Å². The minimum Gasteiger partial charge on any atom is -0.497 e. The number of methoxy groups -OCH3 is 1. The van der Waals surface area contributed by atoms with Crippen molar-refractivity contribution in [3.63, 3.8) is 0 Å². The number of carboxylic acids is 1. The summed E-state index contributed by atoms with van der Waals surface area (Å²) in [5, 5.41) is 22.7. The summed E-state index contributed by atoms with van der Waals surface area (Å²) in [5.74, 6) is 1.21. The van der Waals surface area contributed by atoms with Crippen molar-refractivity contribution >= 4 is 51.8 Å². The van der Waals surface area contributed by atoms with Gasteiger partial charge in [0.1, 0.15) is 5.75 Å². The van der Waals surface area contributed by atoms with Crippen LogP contribution in [0.15, 0.2) is 53.6 Å². The van der Waals surface area contributed by atoms with Gasteiger partial charge in [-0.3, -0.25) is 9.78 Å². The Morgan fingerprint density at radius 2 is 2.08 bits per heavy atom. The summed E-state index contributed by atoms with van der Waals surface area (Å²) in [6, 6.07) is 13.2. The van der Waals surface area contributed by atoms with E-state index in [2.05, 4.69) is 9.88 Å². The number of ether oxygens (including phenoxy) is 1. The molecule has 38 heavy (non-hydrogen) atoms. The van der Waals surface area contributed by atoms with Crippen molar-refractivity contribution in [1.29, 1.82) is 0 Å². The molecule has 0 spiro atoms. The van der Waals surface area contributed by atoms with E-state index in [4.69, 9.17) is 27.9 Å². The van der Waals surface area contributed by atoms with Gasteiger partial charge in [-0.1, -0.05) is 29.3 Å². The molecule has 6 nitrogen and oxygen atoms in total. The quantitative estimate of drug-likeness (QED) is 0.178. The molecule has 9 heteroatoms. The van der Waals surface area contributed by atoms with Crippen LogP contribution in [0.1, 0.15) is 43.8 Å². The van der Waals surface area contributed by atoms with Gasteiger partial charge in [0.05, 0.1) is 28.8 Å². The number of thioether (sulfide) groups is 1. The lowest BCUT2D eigenvalue weighted by Crippen LogP contribution is -2.42. The van der Waals surface area contributed by atoms with Crippen LogP contribution < -0.4 is 4.74 Å². The lowest BCUT2D eigenvalue weighted by atomic mass is 9.79. The molecular weight excluding hydrogens is 543 g/mol. The highest BCUT2D eigenvalue weighted by atomic mass is 35.5. The molecule has 1 aliphatic rings. The SMILES string of the molecule is COc1ccc2nccc([C@@H](O)CC[C@@H]3CCN(CCCSc4cccc(Cl)c4Cl)C[C@@H]3CC(=O)O)c2c1. The molecule has 0 aliphatic carbocycles. The summed E-state index contributed by atoms with van der Waals surface area (Å²) in [5.41, 5.74) is 1.65. The molecule has 3 atom stereocenters. The van der Waals surface area contributed by atoms with Gasteiger partial charge >= 0.3 is 5.97 Å². The van der Waals surface area contributed by atoms with E-state index < -0.39 is 12.1 Å². The van der Waals surface area contributed by atoms with Gasteiger partial charge in [0.25, 0.3) is 0 Å². The molecule has 0 bridgehead atoms. The average molecular weight is 578 g/mol. The molecule has 1 fully saturated rings. The average Bonchev–Trinajstić information content (AvgIpc) is 2.91. The van der Waals surface area contributed by atoms with Crippen LogP contribution in [0.2, 0.25) is 10.0 Å². The van der Waals surface area contributed by atoms with Gasteiger partial charge in [-0.25, -0.2) is 0 Å². The highest BCUT2D eigenvalue weighted by Gasteiger charge is 2.31. The van der Waals surface area contributed by atoms with Crippen molar-refractivity contribution in [3.8, 4) is 5.75 Å². The third kappa shape index (κ3) is 7.54. The lowest BCUT2D eigenvalue weighted by molar-refractivity contribution is -0.139. The minimum atomic E-state index is -0.763. The summed E-state index contributed by atoms with van der Waals surface area (Å²) in [7, 11) is 1.62. The molecule has 2 N–H and O–H groups in total. The van der Waals surface area contributed by atoms with Crippen LogP contribution in [-0.4, -0.2) is 58.6 Å². The van der Waals surface area contributed by atoms with Crippen LogP contribution in [0.25, 0.3) is 10.9 Å². The summed E-state index contributed by atoms with van der Waals surface area (Å²) in [6.45, 7) is 2.63. The Bertz CT molecular complexity index is 1240. The fraction of sp³-hybridized carbons (Fsp3) is 0.448. The first kappa shape index (κ1) is 29.0. The van der Waals surface area contributed by atoms with Gasteiger partial charge < -0.3 is 19.8 Å². The number of rotatable bonds is 12. The van der Waals surface area contributed by atoms with Gasteiger partial charge in [0, 0.05) is 29.4 Å². The number of hydrogen-bond donors (Lipinski definition) is 2. The maximum atomic E-state index is 11.6. The maximum absolute atomic E-state index is 11.6. The van der Waals surface area contributed by atoms with E-state index in [9.17, 15) is 15.0 Å². The standard InChI is InChI=1S/C29H34Cl2N2O4S/c1-37-21-7-8-25-23(17-21)22(10-12-32-25)26(34)9-6-19-11-14-33(18-20(19)16-28(35)36)13-3-15-38-27-5-2-4-24(30)29(27)31/h2,4-5,7-8,10,12,17,19-20,26,34H,3,6,9,11,13-16,18H2,1H3,(H,35,36)/t19-,20+,26+/m1/s1. The number of carboxylic acid groups (broad SMARTS) is 1. The molecule has 0 unspecified atom stereocenters. The van der Waals surface area contributed by atoms with Gasteiger partial charge in [-0.05, 0) is 98.3 Å². The molecule has 1 saturated heterocycles. The van der Waals surface area contributed by atoms with Gasteiger partial charge in [0.15, 0.2) is 0 Å². The molecule has 2 aromatic carbocycles. The third-order valence-electron chi connectivity index (χ3n) is 7.36. The summed E-state index contributed by atoms with van der Waals surface area (Å²) in [6.07, 6.45) is 4.50. The molecular formula is C29H34Cl2N2O4S. The fourth-order valence-corrected chi connectivity index (χ4v) is 6.78. The second-order valence-corrected chi connectivity index (χ2v) is 11.8. The first-order valence-corrected chi connectivity index (χ1v) is 14.7. The number of aromatic nitrogens is 1. The zero-order chi connectivity index (χ0) is 27.1. The predicted octanol–water partition coefficient (Wildman–Crippen LogP) is 6.96. The van der Waals surface area contributed by atoms with Gasteiger partial charge in [-0.2, -0.15) is 0 Å². The van der Waals surface area contributed by atoms with E-state index in [0.29, 0.717) is 16.5 Å². The molecule has 204 valence electrons. The number of aliphatic hydroxyl groups excluding tert-OH is 1. The second kappa shape index (κ2) is 13.9. The number of halogens is 2. The lowest BCUT2D eigenvalue weighted by Gasteiger charge is -2.38. The number of nitrogens with zero attached hydrogens (tertiary/aromatic N) is 2. The number of aliphatic hydroxyl groups is 1. The summed E-state index contributed by atoms with van der Waals surface area (Å²) >= 11 is 14.1. The van der Waals surface area contributed by atoms with Crippen molar-refractivity contribution in [1.82, 2.24) is 9.88 Å². The van der Waals surface area contributed by atoms with Crippen LogP contribution >= 0.6 is 35.0 Å². The Hall–Kier alpha value is -2.03. The smallest absolute Gasteiger partial charge is 0.303 e. The Morgan fingerprint density at radius 1 is 1.24 bits per heavy atom. The predicted molar refractivity (Wildman–Crippen MR) is 155 cm³/mol.